The van der Waals surface area contributed by atoms with Crippen molar-refractivity contribution in [2.75, 3.05) is 13.1 Å². The van der Waals surface area contributed by atoms with Crippen molar-refractivity contribution in [3.8, 4) is 11.3 Å². The lowest BCUT2D eigenvalue weighted by Crippen LogP contribution is -2.39. The summed E-state index contributed by atoms with van der Waals surface area (Å²) in [4.78, 5) is 8.80. The number of aromatic nitrogens is 2. The van der Waals surface area contributed by atoms with Gasteiger partial charge in [-0.2, -0.15) is 4.31 Å². The fourth-order valence-corrected chi connectivity index (χ4v) is 5.17. The third-order valence-electron chi connectivity index (χ3n) is 5.08. The lowest BCUT2D eigenvalue weighted by Gasteiger charge is -2.32. The highest BCUT2D eigenvalue weighted by atomic mass is 32.2. The molecule has 0 radical (unpaired) electrons. The highest BCUT2D eigenvalue weighted by Crippen LogP contribution is 2.34. The summed E-state index contributed by atoms with van der Waals surface area (Å²) in [6.45, 7) is 0.575. The number of benzene rings is 2. The first-order chi connectivity index (χ1) is 14.0. The van der Waals surface area contributed by atoms with Gasteiger partial charge in [0.2, 0.25) is 10.0 Å². The van der Waals surface area contributed by atoms with E-state index >= 15 is 0 Å². The summed E-state index contributed by atoms with van der Waals surface area (Å²) in [6, 6.07) is 11.1. The zero-order chi connectivity index (χ0) is 20.4. The predicted molar refractivity (Wildman–Crippen MR) is 105 cm³/mol. The molecule has 0 aliphatic carbocycles. The van der Waals surface area contributed by atoms with E-state index < -0.39 is 21.7 Å². The molecule has 4 rings (SSSR count). The molecule has 2 aromatic carbocycles. The van der Waals surface area contributed by atoms with Crippen LogP contribution in [0.2, 0.25) is 0 Å². The molecule has 8 heteroatoms. The largest absolute Gasteiger partial charge is 0.257 e. The Hall–Kier alpha value is -2.71. The summed E-state index contributed by atoms with van der Waals surface area (Å²) in [5.41, 5.74) is 1.35. The number of halogens is 2. The Balaban J connectivity index is 1.66. The van der Waals surface area contributed by atoms with Crippen molar-refractivity contribution in [2.24, 2.45) is 0 Å². The Kier molecular flexibility index (Phi) is 5.38. The van der Waals surface area contributed by atoms with Gasteiger partial charge in [-0.15, -0.1) is 0 Å². The molecule has 0 spiro atoms. The van der Waals surface area contributed by atoms with Crippen LogP contribution in [0.3, 0.4) is 0 Å². The quantitative estimate of drug-likeness (QED) is 0.646. The van der Waals surface area contributed by atoms with E-state index in [1.54, 1.807) is 18.2 Å². The van der Waals surface area contributed by atoms with Crippen LogP contribution in [-0.4, -0.2) is 35.8 Å². The van der Waals surface area contributed by atoms with E-state index in [-0.39, 0.29) is 17.4 Å². The molecule has 0 saturated carbocycles. The van der Waals surface area contributed by atoms with Crippen molar-refractivity contribution < 1.29 is 17.2 Å². The Morgan fingerprint density at radius 1 is 0.966 bits per heavy atom. The third kappa shape index (κ3) is 3.90. The normalized spacial score (nSPS) is 17.9. The van der Waals surface area contributed by atoms with Crippen molar-refractivity contribution in [1.29, 1.82) is 0 Å². The highest BCUT2D eigenvalue weighted by molar-refractivity contribution is 7.89. The first-order valence-electron chi connectivity index (χ1n) is 9.28. The van der Waals surface area contributed by atoms with Gasteiger partial charge in [0.05, 0.1) is 16.3 Å². The van der Waals surface area contributed by atoms with Gasteiger partial charge < -0.3 is 0 Å². The van der Waals surface area contributed by atoms with E-state index in [4.69, 9.17) is 0 Å². The topological polar surface area (TPSA) is 63.2 Å². The number of nitrogens with zero attached hydrogens (tertiary/aromatic N) is 3. The fraction of sp³-hybridized carbons (Fsp3) is 0.238. The summed E-state index contributed by atoms with van der Waals surface area (Å²) in [6.07, 6.45) is 4.39. The van der Waals surface area contributed by atoms with E-state index in [2.05, 4.69) is 9.97 Å². The van der Waals surface area contributed by atoms with Crippen LogP contribution in [0.4, 0.5) is 8.78 Å². The van der Waals surface area contributed by atoms with Gasteiger partial charge >= 0.3 is 0 Å². The molecule has 3 aromatic rings. The average Bonchev–Trinajstić information content (AvgIpc) is 2.74. The summed E-state index contributed by atoms with van der Waals surface area (Å²) in [5.74, 6) is -1.11. The molecule has 1 atom stereocenters. The van der Waals surface area contributed by atoms with Gasteiger partial charge in [-0.3, -0.25) is 9.97 Å². The number of hydrogen-bond donors (Lipinski definition) is 0. The van der Waals surface area contributed by atoms with Crippen LogP contribution in [0.25, 0.3) is 11.3 Å². The first kappa shape index (κ1) is 19.6. The highest BCUT2D eigenvalue weighted by Gasteiger charge is 2.33. The lowest BCUT2D eigenvalue weighted by atomic mass is 9.92. The first-order valence-corrected chi connectivity index (χ1v) is 10.7. The number of hydrogen-bond acceptors (Lipinski definition) is 4. The average molecular weight is 415 g/mol. The second kappa shape index (κ2) is 7.96. The molecule has 1 saturated heterocycles. The second-order valence-corrected chi connectivity index (χ2v) is 8.86. The van der Waals surface area contributed by atoms with Crippen LogP contribution in [0, 0.1) is 11.6 Å². The number of rotatable bonds is 4. The predicted octanol–water partition coefficient (Wildman–Crippen LogP) is 3.99. The molecule has 1 fully saturated rings. The maximum atomic E-state index is 14.3. The molecule has 1 aliphatic rings. The van der Waals surface area contributed by atoms with Crippen LogP contribution in [0.15, 0.2) is 65.8 Å². The Morgan fingerprint density at radius 3 is 2.45 bits per heavy atom. The fourth-order valence-electron chi connectivity index (χ4n) is 3.65. The van der Waals surface area contributed by atoms with Crippen LogP contribution < -0.4 is 0 Å². The third-order valence-corrected chi connectivity index (χ3v) is 6.96. The van der Waals surface area contributed by atoms with Crippen LogP contribution in [-0.2, 0) is 10.0 Å². The molecule has 5 nitrogen and oxygen atoms in total. The zero-order valence-electron chi connectivity index (χ0n) is 15.5. The van der Waals surface area contributed by atoms with Gasteiger partial charge in [0.25, 0.3) is 0 Å². The van der Waals surface area contributed by atoms with Crippen molar-refractivity contribution in [1.82, 2.24) is 14.3 Å². The molecule has 2 heterocycles. The molecule has 0 bridgehead atoms. The molecule has 0 unspecified atom stereocenters. The molecule has 150 valence electrons. The van der Waals surface area contributed by atoms with E-state index in [0.29, 0.717) is 29.9 Å². The summed E-state index contributed by atoms with van der Waals surface area (Å²) >= 11 is 0. The Morgan fingerprint density at radius 2 is 1.69 bits per heavy atom. The van der Waals surface area contributed by atoms with E-state index in [9.17, 15) is 17.2 Å². The minimum absolute atomic E-state index is 0.0491. The molecule has 1 aliphatic heterocycles. The summed E-state index contributed by atoms with van der Waals surface area (Å²) < 4.78 is 54.9. The van der Waals surface area contributed by atoms with E-state index in [0.717, 1.165) is 18.6 Å². The van der Waals surface area contributed by atoms with E-state index in [1.807, 2.05) is 0 Å². The van der Waals surface area contributed by atoms with Crippen LogP contribution in [0.1, 0.15) is 24.5 Å². The van der Waals surface area contributed by atoms with E-state index in [1.165, 1.54) is 34.9 Å². The summed E-state index contributed by atoms with van der Waals surface area (Å²) in [7, 11) is -3.76. The molecular formula is C21H19F2N3O2S. The smallest absolute Gasteiger partial charge is 0.243 e. The molecule has 0 amide bonds. The Labute approximate surface area is 168 Å². The standard InChI is InChI=1S/C21H19F2N3O2S/c22-16-7-9-17(10-8-16)29(27,28)26-13-3-4-15(14-26)20-21(25-12-11-24-20)18-5-1-2-6-19(18)23/h1-2,5-12,15H,3-4,13-14H2/t15-/m1/s1. The van der Waals surface area contributed by atoms with Gasteiger partial charge in [0, 0.05) is 37.0 Å². The lowest BCUT2D eigenvalue weighted by molar-refractivity contribution is 0.312. The van der Waals surface area contributed by atoms with Crippen LogP contribution in [0.5, 0.6) is 0 Å². The minimum atomic E-state index is -3.76. The summed E-state index contributed by atoms with van der Waals surface area (Å²) in [5, 5.41) is 0. The minimum Gasteiger partial charge on any atom is -0.257 e. The van der Waals surface area contributed by atoms with Crippen molar-refractivity contribution >= 4 is 10.0 Å². The van der Waals surface area contributed by atoms with Gasteiger partial charge in [0.15, 0.2) is 0 Å². The molecular weight excluding hydrogens is 396 g/mol. The monoisotopic (exact) mass is 415 g/mol. The SMILES string of the molecule is O=S(=O)(c1ccc(F)cc1)N1CCC[C@@H](c2nccnc2-c2ccccc2F)C1. The van der Waals surface area contributed by atoms with Gasteiger partial charge in [-0.1, -0.05) is 12.1 Å². The van der Waals surface area contributed by atoms with Crippen LogP contribution >= 0.6 is 0 Å². The van der Waals surface area contributed by atoms with Gasteiger partial charge in [0.1, 0.15) is 11.6 Å². The van der Waals surface area contributed by atoms with Crippen molar-refractivity contribution in [3.05, 3.63) is 78.3 Å². The number of piperidine rings is 1. The van der Waals surface area contributed by atoms with Crippen molar-refractivity contribution in [3.63, 3.8) is 0 Å². The maximum absolute atomic E-state index is 14.3. The molecule has 29 heavy (non-hydrogen) atoms. The Bertz CT molecular complexity index is 1120. The maximum Gasteiger partial charge on any atom is 0.243 e. The zero-order valence-corrected chi connectivity index (χ0v) is 16.3. The molecule has 0 N–H and O–H groups in total. The second-order valence-electron chi connectivity index (χ2n) is 6.93. The van der Waals surface area contributed by atoms with Crippen molar-refractivity contribution in [2.45, 2.75) is 23.7 Å². The molecule has 1 aromatic heterocycles. The number of sulfonamides is 1. The van der Waals surface area contributed by atoms with Gasteiger partial charge in [-0.25, -0.2) is 17.2 Å². The van der Waals surface area contributed by atoms with Gasteiger partial charge in [-0.05, 0) is 49.2 Å².